The standard InChI is InChI=1S/C44H47N3O6/c1-2-38(31-8-4-3-5-9-31)42(32-10-14-35(48)15-11-32)33-12-16-36(17-13-33)53-26-24-46-23-6-7-30(28-46)22-25-52-37-18-19-39-34(27-37)29-47(44(39)51)40-20-21-41(49)45-43(40)50/h3-5,8-19,27,30,40,48H,2,6-7,20-26,28-29H2,1H3,(H,45,49,50)/b42-38-. The third-order valence-corrected chi connectivity index (χ3v) is 10.6. The second-order valence-corrected chi connectivity index (χ2v) is 14.2. The summed E-state index contributed by atoms with van der Waals surface area (Å²) in [6.07, 6.45) is 4.71. The molecule has 2 fully saturated rings. The van der Waals surface area contributed by atoms with Crippen LogP contribution in [0.4, 0.5) is 0 Å². The Morgan fingerprint density at radius 1 is 0.830 bits per heavy atom. The number of hydrogen-bond donors (Lipinski definition) is 2. The van der Waals surface area contributed by atoms with E-state index in [1.807, 2.05) is 42.5 Å². The highest BCUT2D eigenvalue weighted by Gasteiger charge is 2.39. The number of amides is 3. The molecule has 53 heavy (non-hydrogen) atoms. The summed E-state index contributed by atoms with van der Waals surface area (Å²) in [5, 5.41) is 12.3. The Labute approximate surface area is 311 Å². The van der Waals surface area contributed by atoms with Crippen molar-refractivity contribution in [1.29, 1.82) is 0 Å². The molecule has 4 aromatic rings. The Balaban J connectivity index is 0.894. The number of nitrogens with zero attached hydrogens (tertiary/aromatic N) is 2. The van der Waals surface area contributed by atoms with Crippen molar-refractivity contribution in [1.82, 2.24) is 15.1 Å². The van der Waals surface area contributed by atoms with Gasteiger partial charge in [-0.1, -0.05) is 61.5 Å². The molecule has 2 atom stereocenters. The lowest BCUT2D eigenvalue weighted by molar-refractivity contribution is -0.136. The van der Waals surface area contributed by atoms with E-state index in [2.05, 4.69) is 53.5 Å². The normalized spacial score (nSPS) is 19.4. The molecule has 0 radical (unpaired) electrons. The second kappa shape index (κ2) is 16.5. The Kier molecular flexibility index (Phi) is 11.2. The summed E-state index contributed by atoms with van der Waals surface area (Å²) in [6.45, 7) is 6.64. The molecule has 3 amide bonds. The summed E-state index contributed by atoms with van der Waals surface area (Å²) in [5.74, 6) is 1.48. The number of fused-ring (bicyclic) bond motifs is 1. The lowest BCUT2D eigenvalue weighted by Crippen LogP contribution is -2.52. The van der Waals surface area contributed by atoms with E-state index in [-0.39, 0.29) is 24.0 Å². The van der Waals surface area contributed by atoms with E-state index in [1.54, 1.807) is 23.1 Å². The van der Waals surface area contributed by atoms with Gasteiger partial charge in [-0.25, -0.2) is 0 Å². The average Bonchev–Trinajstić information content (AvgIpc) is 3.50. The number of phenolic OH excluding ortho intramolecular Hbond substituents is 1. The zero-order valence-electron chi connectivity index (χ0n) is 30.3. The van der Waals surface area contributed by atoms with Crippen LogP contribution in [0.5, 0.6) is 17.2 Å². The van der Waals surface area contributed by atoms with E-state index < -0.39 is 11.9 Å². The highest BCUT2D eigenvalue weighted by atomic mass is 16.5. The molecule has 2 saturated heterocycles. The van der Waals surface area contributed by atoms with Crippen molar-refractivity contribution in [3.63, 3.8) is 0 Å². The van der Waals surface area contributed by atoms with Crippen molar-refractivity contribution in [3.05, 3.63) is 125 Å². The first-order valence-electron chi connectivity index (χ1n) is 18.8. The number of phenols is 1. The van der Waals surface area contributed by atoms with Gasteiger partial charge in [0.1, 0.15) is 29.9 Å². The molecular formula is C44H47N3O6. The predicted octanol–water partition coefficient (Wildman–Crippen LogP) is 7.08. The van der Waals surface area contributed by atoms with Crippen molar-refractivity contribution in [3.8, 4) is 17.2 Å². The van der Waals surface area contributed by atoms with Crippen LogP contribution < -0.4 is 14.8 Å². The minimum absolute atomic E-state index is 0.175. The summed E-state index contributed by atoms with van der Waals surface area (Å²) in [5.41, 5.74) is 7.19. The predicted molar refractivity (Wildman–Crippen MR) is 204 cm³/mol. The summed E-state index contributed by atoms with van der Waals surface area (Å²) in [4.78, 5) is 41.0. The van der Waals surface area contributed by atoms with Gasteiger partial charge in [0.2, 0.25) is 11.8 Å². The molecule has 2 N–H and O–H groups in total. The maximum absolute atomic E-state index is 13.0. The van der Waals surface area contributed by atoms with Crippen molar-refractivity contribution in [2.75, 3.05) is 32.8 Å². The van der Waals surface area contributed by atoms with Crippen molar-refractivity contribution < 1.29 is 29.0 Å². The number of allylic oxidation sites excluding steroid dienone is 1. The number of likely N-dealkylation sites (tertiary alicyclic amines) is 1. The number of carbonyl (C=O) groups excluding carboxylic acids is 3. The summed E-state index contributed by atoms with van der Waals surface area (Å²) < 4.78 is 12.4. The first kappa shape index (κ1) is 36.0. The van der Waals surface area contributed by atoms with Crippen molar-refractivity contribution >= 4 is 28.9 Å². The van der Waals surface area contributed by atoms with Gasteiger partial charge in [-0.05, 0) is 120 Å². The van der Waals surface area contributed by atoms with Gasteiger partial charge in [0.25, 0.3) is 5.91 Å². The third-order valence-electron chi connectivity index (χ3n) is 10.6. The van der Waals surface area contributed by atoms with Crippen molar-refractivity contribution in [2.45, 2.75) is 58.0 Å². The molecule has 2 unspecified atom stereocenters. The van der Waals surface area contributed by atoms with E-state index in [0.717, 1.165) is 72.7 Å². The van der Waals surface area contributed by atoms with Gasteiger partial charge in [0.05, 0.1) is 6.61 Å². The average molecular weight is 714 g/mol. The molecule has 9 heteroatoms. The zero-order chi connectivity index (χ0) is 36.7. The van der Waals surface area contributed by atoms with Gasteiger partial charge >= 0.3 is 0 Å². The Morgan fingerprint density at radius 3 is 2.28 bits per heavy atom. The van der Waals surface area contributed by atoms with Crippen molar-refractivity contribution in [2.24, 2.45) is 5.92 Å². The highest BCUT2D eigenvalue weighted by Crippen LogP contribution is 2.36. The van der Waals surface area contributed by atoms with Crippen LogP contribution in [-0.2, 0) is 16.1 Å². The molecular weight excluding hydrogens is 666 g/mol. The van der Waals surface area contributed by atoms with Crippen LogP contribution in [0.1, 0.15) is 78.1 Å². The van der Waals surface area contributed by atoms with E-state index in [0.29, 0.717) is 37.7 Å². The largest absolute Gasteiger partial charge is 0.508 e. The molecule has 3 aliphatic heterocycles. The van der Waals surface area contributed by atoms with E-state index in [9.17, 15) is 19.5 Å². The van der Waals surface area contributed by atoms with Crippen LogP contribution in [0.3, 0.4) is 0 Å². The fourth-order valence-corrected chi connectivity index (χ4v) is 7.89. The number of aromatic hydroxyl groups is 1. The SMILES string of the molecule is CC/C(=C(\c1ccc(O)cc1)c1ccc(OCCN2CCCC(CCOc3ccc4c(c3)CN(C3CCC(=O)NC3=O)C4=O)C2)cc1)c1ccccc1. The van der Waals surface area contributed by atoms with Gasteiger partial charge in [-0.3, -0.25) is 24.6 Å². The number of nitrogens with one attached hydrogen (secondary N) is 1. The van der Waals surface area contributed by atoms with Gasteiger partial charge in [0.15, 0.2) is 0 Å². The second-order valence-electron chi connectivity index (χ2n) is 14.2. The maximum atomic E-state index is 13.0. The Morgan fingerprint density at radius 2 is 1.55 bits per heavy atom. The lowest BCUT2D eigenvalue weighted by atomic mass is 9.88. The number of rotatable bonds is 13. The monoisotopic (exact) mass is 713 g/mol. The number of imide groups is 1. The van der Waals surface area contributed by atoms with E-state index in [1.165, 1.54) is 17.6 Å². The minimum atomic E-state index is -0.621. The zero-order valence-corrected chi connectivity index (χ0v) is 30.3. The van der Waals surface area contributed by atoms with Crippen LogP contribution in [0.25, 0.3) is 11.1 Å². The summed E-state index contributed by atoms with van der Waals surface area (Å²) in [6, 6.07) is 31.1. The third kappa shape index (κ3) is 8.47. The fraction of sp³-hybridized carbons (Fsp3) is 0.341. The molecule has 0 spiro atoms. The minimum Gasteiger partial charge on any atom is -0.508 e. The van der Waals surface area contributed by atoms with Gasteiger partial charge in [-0.15, -0.1) is 0 Å². The van der Waals surface area contributed by atoms with Crippen LogP contribution in [0, 0.1) is 5.92 Å². The molecule has 0 bridgehead atoms. The number of piperidine rings is 2. The van der Waals surface area contributed by atoms with Crippen LogP contribution in [0.15, 0.2) is 97.1 Å². The molecule has 7 rings (SSSR count). The van der Waals surface area contributed by atoms with Gasteiger partial charge < -0.3 is 19.5 Å². The smallest absolute Gasteiger partial charge is 0.255 e. The molecule has 0 saturated carbocycles. The first-order valence-corrected chi connectivity index (χ1v) is 18.8. The highest BCUT2D eigenvalue weighted by molar-refractivity contribution is 6.05. The lowest BCUT2D eigenvalue weighted by Gasteiger charge is -2.32. The first-order chi connectivity index (χ1) is 25.9. The summed E-state index contributed by atoms with van der Waals surface area (Å²) >= 11 is 0. The molecule has 3 aliphatic rings. The Bertz CT molecular complexity index is 1960. The fourth-order valence-electron chi connectivity index (χ4n) is 7.89. The van der Waals surface area contributed by atoms with Gasteiger partial charge in [0, 0.05) is 31.6 Å². The van der Waals surface area contributed by atoms with Gasteiger partial charge in [-0.2, -0.15) is 0 Å². The molecule has 0 aliphatic carbocycles. The molecule has 0 aromatic heterocycles. The number of carbonyl (C=O) groups is 3. The molecule has 274 valence electrons. The molecule has 9 nitrogen and oxygen atoms in total. The topological polar surface area (TPSA) is 108 Å². The Hall–Kier alpha value is -5.41. The maximum Gasteiger partial charge on any atom is 0.255 e. The van der Waals surface area contributed by atoms with Crippen LogP contribution in [0.2, 0.25) is 0 Å². The summed E-state index contributed by atoms with van der Waals surface area (Å²) in [7, 11) is 0. The van der Waals surface area contributed by atoms with Crippen LogP contribution in [-0.4, -0.2) is 71.5 Å². The quantitative estimate of drug-likeness (QED) is 0.113. The van der Waals surface area contributed by atoms with E-state index in [4.69, 9.17) is 9.47 Å². The number of ether oxygens (including phenoxy) is 2. The molecule has 3 heterocycles. The van der Waals surface area contributed by atoms with Crippen LogP contribution >= 0.6 is 0 Å². The van der Waals surface area contributed by atoms with E-state index >= 15 is 0 Å². The molecule has 4 aromatic carbocycles. The number of hydrogen-bond acceptors (Lipinski definition) is 7. The number of benzene rings is 4.